The van der Waals surface area contributed by atoms with Gasteiger partial charge in [-0.2, -0.15) is 0 Å². The zero-order valence-corrected chi connectivity index (χ0v) is 8.00. The van der Waals surface area contributed by atoms with Gasteiger partial charge in [-0.3, -0.25) is 0 Å². The zero-order chi connectivity index (χ0) is 10.4. The number of carbonyl (C=O) groups is 1. The Morgan fingerprint density at radius 3 is 1.67 bits per heavy atom. The molecule has 0 radical (unpaired) electrons. The summed E-state index contributed by atoms with van der Waals surface area (Å²) in [5.41, 5.74) is 4.85. The average molecular weight is 180 g/mol. The minimum absolute atomic E-state index is 0.250. The van der Waals surface area contributed by atoms with Gasteiger partial charge in [-0.05, 0) is 20.4 Å². The van der Waals surface area contributed by atoms with E-state index in [1.807, 2.05) is 6.92 Å². The Labute approximate surface area is 73.6 Å². The fourth-order valence-corrected chi connectivity index (χ4v) is 0.151. The molecule has 0 bridgehead atoms. The molecule has 0 fully saturated rings. The molecule has 0 saturated heterocycles. The lowest BCUT2D eigenvalue weighted by Crippen LogP contribution is -2.19. The molecule has 0 unspecified atom stereocenters. The highest BCUT2D eigenvalue weighted by Gasteiger charge is 1.82. The number of carboxylic acid groups (broad SMARTS) is 1. The number of aliphatic hydroxyl groups excluding tert-OH is 1. The number of nitrogens with one attached hydrogen (secondary N) is 1. The summed E-state index contributed by atoms with van der Waals surface area (Å²) in [6.45, 7) is 6.80. The van der Waals surface area contributed by atoms with Crippen molar-refractivity contribution in [2.75, 3.05) is 19.7 Å². The fourth-order valence-electron chi connectivity index (χ4n) is 0.151. The number of amides is 1. The largest absolute Gasteiger partial charge is 0.465 e. The van der Waals surface area contributed by atoms with E-state index in [0.29, 0.717) is 6.54 Å². The van der Waals surface area contributed by atoms with Crippen LogP contribution in [0.3, 0.4) is 0 Å². The molecule has 0 aliphatic carbocycles. The van der Waals surface area contributed by atoms with Crippen LogP contribution in [0.4, 0.5) is 4.79 Å². The number of nitrogens with two attached hydrogens (primary N) is 1. The van der Waals surface area contributed by atoms with Gasteiger partial charge in [0.25, 0.3) is 0 Å². The highest BCUT2D eigenvalue weighted by atomic mass is 16.4. The summed E-state index contributed by atoms with van der Waals surface area (Å²) in [6.07, 6.45) is -0.961. The Hall–Kier alpha value is -0.810. The van der Waals surface area contributed by atoms with Crippen LogP contribution in [0.2, 0.25) is 0 Å². The third kappa shape index (κ3) is 129. The maximum atomic E-state index is 9.49. The van der Waals surface area contributed by atoms with Crippen molar-refractivity contribution in [3.05, 3.63) is 0 Å². The van der Waals surface area contributed by atoms with Crippen LogP contribution in [0, 0.1) is 0 Å². The molecule has 1 amide bonds. The van der Waals surface area contributed by atoms with Crippen molar-refractivity contribution < 1.29 is 15.0 Å². The van der Waals surface area contributed by atoms with Crippen LogP contribution in [0.25, 0.3) is 0 Å². The van der Waals surface area contributed by atoms with Gasteiger partial charge in [0, 0.05) is 13.2 Å². The van der Waals surface area contributed by atoms with E-state index >= 15 is 0 Å². The van der Waals surface area contributed by atoms with E-state index in [1.54, 1.807) is 13.8 Å². The first-order valence-electron chi connectivity index (χ1n) is 3.88. The second-order valence-corrected chi connectivity index (χ2v) is 1.56. The Kier molecular flexibility index (Phi) is 32.4. The number of hydrogen-bond donors (Lipinski definition) is 4. The Morgan fingerprint density at radius 2 is 1.67 bits per heavy atom. The molecule has 0 aromatic rings. The molecule has 0 aromatic heterocycles. The standard InChI is InChI=1S/C3H7NO2.C2H7N.C2H6O/c1-2-4-3(5)6;2*1-2-3/h4H,2H2,1H3,(H,5,6);2-3H2,1H3;3H,2H2,1H3. The molecule has 0 atom stereocenters. The first-order valence-corrected chi connectivity index (χ1v) is 3.88. The highest BCUT2D eigenvalue weighted by molar-refractivity contribution is 5.64. The van der Waals surface area contributed by atoms with Gasteiger partial charge >= 0.3 is 6.09 Å². The average Bonchev–Trinajstić information content (AvgIpc) is 1.89. The summed E-state index contributed by atoms with van der Waals surface area (Å²) in [4.78, 5) is 9.49. The van der Waals surface area contributed by atoms with Crippen molar-refractivity contribution >= 4 is 6.09 Å². The second-order valence-electron chi connectivity index (χ2n) is 1.56. The number of rotatable bonds is 1. The molecule has 0 spiro atoms. The normalized spacial score (nSPS) is 6.75. The lowest BCUT2D eigenvalue weighted by atomic mass is 10.8. The highest BCUT2D eigenvalue weighted by Crippen LogP contribution is 1.54. The minimum atomic E-state index is -0.961. The second kappa shape index (κ2) is 22.5. The minimum Gasteiger partial charge on any atom is -0.465 e. The molecule has 76 valence electrons. The Morgan fingerprint density at radius 1 is 1.42 bits per heavy atom. The van der Waals surface area contributed by atoms with Gasteiger partial charge in [-0.15, -0.1) is 0 Å². The third-order valence-electron chi connectivity index (χ3n) is 0.328. The molecule has 0 aliphatic rings. The molecule has 0 rings (SSSR count). The quantitative estimate of drug-likeness (QED) is 0.464. The van der Waals surface area contributed by atoms with Crippen LogP contribution in [-0.4, -0.2) is 36.0 Å². The molecule has 0 aliphatic heterocycles. The predicted molar refractivity (Wildman–Crippen MR) is 49.2 cm³/mol. The molecule has 0 aromatic carbocycles. The molecule has 5 nitrogen and oxygen atoms in total. The first kappa shape index (κ1) is 17.3. The van der Waals surface area contributed by atoms with Gasteiger partial charge in [0.05, 0.1) is 0 Å². The molecular formula is C7H20N2O3. The fraction of sp³-hybridized carbons (Fsp3) is 0.857. The maximum Gasteiger partial charge on any atom is 0.404 e. The SMILES string of the molecule is CCN.CCNC(=O)O.CCO. The Balaban J connectivity index is -0.000000115. The lowest BCUT2D eigenvalue weighted by molar-refractivity contribution is 0.195. The van der Waals surface area contributed by atoms with Gasteiger partial charge in [0.15, 0.2) is 0 Å². The monoisotopic (exact) mass is 180 g/mol. The summed E-state index contributed by atoms with van der Waals surface area (Å²) < 4.78 is 0. The number of aliphatic hydroxyl groups is 1. The molecule has 5 N–H and O–H groups in total. The van der Waals surface area contributed by atoms with E-state index in [1.165, 1.54) is 0 Å². The van der Waals surface area contributed by atoms with Crippen LogP contribution in [0.1, 0.15) is 20.8 Å². The molecule has 5 heteroatoms. The third-order valence-corrected chi connectivity index (χ3v) is 0.328. The van der Waals surface area contributed by atoms with Crippen LogP contribution >= 0.6 is 0 Å². The lowest BCUT2D eigenvalue weighted by Gasteiger charge is -1.87. The van der Waals surface area contributed by atoms with Gasteiger partial charge < -0.3 is 21.3 Å². The van der Waals surface area contributed by atoms with Crippen LogP contribution in [-0.2, 0) is 0 Å². The summed E-state index contributed by atoms with van der Waals surface area (Å²) in [6, 6.07) is 0. The maximum absolute atomic E-state index is 9.49. The van der Waals surface area contributed by atoms with Gasteiger partial charge in [0.2, 0.25) is 0 Å². The Bertz CT molecular complexity index is 77.1. The summed E-state index contributed by atoms with van der Waals surface area (Å²) in [5.74, 6) is 0. The van der Waals surface area contributed by atoms with E-state index < -0.39 is 6.09 Å². The van der Waals surface area contributed by atoms with Gasteiger partial charge in [0.1, 0.15) is 0 Å². The van der Waals surface area contributed by atoms with Crippen LogP contribution in [0.15, 0.2) is 0 Å². The van der Waals surface area contributed by atoms with E-state index in [0.717, 1.165) is 6.54 Å². The van der Waals surface area contributed by atoms with Crippen molar-refractivity contribution in [3.63, 3.8) is 0 Å². The topological polar surface area (TPSA) is 95.6 Å². The van der Waals surface area contributed by atoms with Crippen molar-refractivity contribution in [2.24, 2.45) is 5.73 Å². The molecule has 0 heterocycles. The van der Waals surface area contributed by atoms with Crippen molar-refractivity contribution in [1.82, 2.24) is 5.32 Å². The van der Waals surface area contributed by atoms with Gasteiger partial charge in [-0.1, -0.05) is 6.92 Å². The summed E-state index contributed by atoms with van der Waals surface area (Å²) >= 11 is 0. The van der Waals surface area contributed by atoms with Crippen molar-refractivity contribution in [2.45, 2.75) is 20.8 Å². The molecule has 12 heavy (non-hydrogen) atoms. The van der Waals surface area contributed by atoms with Crippen LogP contribution in [0.5, 0.6) is 0 Å². The smallest absolute Gasteiger partial charge is 0.404 e. The van der Waals surface area contributed by atoms with Crippen LogP contribution < -0.4 is 11.1 Å². The predicted octanol–water partition coefficient (Wildman–Crippen LogP) is 0.238. The zero-order valence-electron chi connectivity index (χ0n) is 8.00. The van der Waals surface area contributed by atoms with E-state index in [9.17, 15) is 4.79 Å². The van der Waals surface area contributed by atoms with Crippen molar-refractivity contribution in [1.29, 1.82) is 0 Å². The van der Waals surface area contributed by atoms with E-state index in [2.05, 4.69) is 5.32 Å². The summed E-state index contributed by atoms with van der Waals surface area (Å²) in [5, 5.41) is 17.5. The molecular weight excluding hydrogens is 160 g/mol. The van der Waals surface area contributed by atoms with Gasteiger partial charge in [-0.25, -0.2) is 4.79 Å². The van der Waals surface area contributed by atoms with Crippen molar-refractivity contribution in [3.8, 4) is 0 Å². The number of hydrogen-bond acceptors (Lipinski definition) is 3. The summed E-state index contributed by atoms with van der Waals surface area (Å²) in [7, 11) is 0. The molecule has 0 saturated carbocycles. The van der Waals surface area contributed by atoms with E-state index in [-0.39, 0.29) is 6.61 Å². The van der Waals surface area contributed by atoms with E-state index in [4.69, 9.17) is 15.9 Å². The first-order chi connectivity index (χ1) is 5.60.